The van der Waals surface area contributed by atoms with Crippen LogP contribution in [0.3, 0.4) is 0 Å². The van der Waals surface area contributed by atoms with E-state index in [9.17, 15) is 0 Å². The lowest BCUT2D eigenvalue weighted by Crippen LogP contribution is -2.22. The Labute approximate surface area is 155 Å². The van der Waals surface area contributed by atoms with E-state index < -0.39 is 0 Å². The number of nitrogens with zero attached hydrogens (tertiary/aromatic N) is 4. The Morgan fingerprint density at radius 1 is 1.21 bits per heavy atom. The minimum Gasteiger partial charge on any atom is -0.300 e. The first kappa shape index (κ1) is 17.4. The second kappa shape index (κ2) is 7.61. The summed E-state index contributed by atoms with van der Waals surface area (Å²) in [4.78, 5) is 3.41. The van der Waals surface area contributed by atoms with E-state index >= 15 is 0 Å². The molecule has 126 valence electrons. The zero-order valence-corrected chi connectivity index (χ0v) is 16.0. The van der Waals surface area contributed by atoms with Crippen molar-refractivity contribution in [3.05, 3.63) is 67.8 Å². The van der Waals surface area contributed by atoms with Gasteiger partial charge < -0.3 is 0 Å². The molecule has 0 N–H and O–H groups in total. The zero-order valence-electron chi connectivity index (χ0n) is 13.6. The minimum absolute atomic E-state index is 0.650. The smallest absolute Gasteiger partial charge is 0.199 e. The molecule has 0 saturated heterocycles. The molecule has 0 amide bonds. The lowest BCUT2D eigenvalue weighted by Gasteiger charge is -2.15. The van der Waals surface area contributed by atoms with Crippen molar-refractivity contribution in [2.45, 2.75) is 26.7 Å². The van der Waals surface area contributed by atoms with E-state index in [1.54, 1.807) is 11.3 Å². The highest BCUT2D eigenvalue weighted by Gasteiger charge is 2.10. The summed E-state index contributed by atoms with van der Waals surface area (Å²) >= 11 is 13.2. The van der Waals surface area contributed by atoms with Crippen molar-refractivity contribution in [3.63, 3.8) is 0 Å². The number of aryl methyl sites for hydroxylation is 1. The Bertz CT molecular complexity index is 866. The van der Waals surface area contributed by atoms with Crippen LogP contribution in [-0.4, -0.2) is 26.3 Å². The molecule has 2 heterocycles. The fraction of sp³-hybridized carbons (Fsp3) is 0.294. The van der Waals surface area contributed by atoms with Crippen LogP contribution in [0, 0.1) is 11.7 Å². The van der Waals surface area contributed by atoms with Gasteiger partial charge in [0.15, 0.2) is 4.77 Å². The van der Waals surface area contributed by atoms with Gasteiger partial charge >= 0.3 is 0 Å². The first-order valence-electron chi connectivity index (χ1n) is 7.64. The van der Waals surface area contributed by atoms with Crippen molar-refractivity contribution in [2.24, 2.45) is 0 Å². The lowest BCUT2D eigenvalue weighted by atomic mass is 10.2. The number of rotatable bonds is 6. The van der Waals surface area contributed by atoms with E-state index in [-0.39, 0.29) is 0 Å². The molecule has 0 aliphatic rings. The summed E-state index contributed by atoms with van der Waals surface area (Å²) in [6, 6.07) is 14.3. The van der Waals surface area contributed by atoms with Crippen LogP contribution in [0.2, 0.25) is 4.34 Å². The molecule has 24 heavy (non-hydrogen) atoms. The standard InChI is InChI=1S/C17H19ClN4S2/c1-13-19-22(12-20(2)11-15-8-9-16(18)24-15)17(23)21(13)10-14-6-4-3-5-7-14/h3-9H,10-12H2,1-2H3. The van der Waals surface area contributed by atoms with Crippen LogP contribution in [0.25, 0.3) is 0 Å². The highest BCUT2D eigenvalue weighted by Crippen LogP contribution is 2.22. The summed E-state index contributed by atoms with van der Waals surface area (Å²) in [5, 5.41) is 4.60. The van der Waals surface area contributed by atoms with Gasteiger partial charge in [0.1, 0.15) is 5.82 Å². The normalized spacial score (nSPS) is 11.3. The van der Waals surface area contributed by atoms with Crippen LogP contribution in [0.1, 0.15) is 16.3 Å². The molecule has 7 heteroatoms. The van der Waals surface area contributed by atoms with Crippen molar-refractivity contribution >= 4 is 35.2 Å². The molecule has 0 radical (unpaired) electrons. The largest absolute Gasteiger partial charge is 0.300 e. The van der Waals surface area contributed by atoms with Gasteiger partial charge in [-0.05, 0) is 43.9 Å². The van der Waals surface area contributed by atoms with Gasteiger partial charge in [0.2, 0.25) is 0 Å². The lowest BCUT2D eigenvalue weighted by molar-refractivity contribution is 0.245. The van der Waals surface area contributed by atoms with Gasteiger partial charge in [0.25, 0.3) is 0 Å². The second-order valence-electron chi connectivity index (χ2n) is 5.76. The molecular weight excluding hydrogens is 360 g/mol. The molecular formula is C17H19ClN4S2. The number of hydrogen-bond donors (Lipinski definition) is 0. The van der Waals surface area contributed by atoms with Crippen molar-refractivity contribution < 1.29 is 0 Å². The third-order valence-electron chi connectivity index (χ3n) is 3.72. The minimum atomic E-state index is 0.650. The summed E-state index contributed by atoms with van der Waals surface area (Å²) in [7, 11) is 2.06. The molecule has 0 aliphatic carbocycles. The average molecular weight is 379 g/mol. The molecule has 3 aromatic rings. The van der Waals surface area contributed by atoms with Crippen LogP contribution < -0.4 is 0 Å². The molecule has 4 nitrogen and oxygen atoms in total. The van der Waals surface area contributed by atoms with Crippen molar-refractivity contribution in [2.75, 3.05) is 7.05 Å². The van der Waals surface area contributed by atoms with Gasteiger partial charge in [-0.1, -0.05) is 41.9 Å². The predicted molar refractivity (Wildman–Crippen MR) is 102 cm³/mol. The van der Waals surface area contributed by atoms with E-state index in [4.69, 9.17) is 23.8 Å². The van der Waals surface area contributed by atoms with E-state index in [0.717, 1.165) is 28.0 Å². The van der Waals surface area contributed by atoms with Crippen LogP contribution >= 0.6 is 35.2 Å². The maximum absolute atomic E-state index is 5.99. The van der Waals surface area contributed by atoms with Crippen LogP contribution in [0.4, 0.5) is 0 Å². The number of benzene rings is 1. The molecule has 0 fully saturated rings. The fourth-order valence-electron chi connectivity index (χ4n) is 2.57. The van der Waals surface area contributed by atoms with E-state index in [2.05, 4.69) is 39.8 Å². The van der Waals surface area contributed by atoms with Crippen LogP contribution in [-0.2, 0) is 19.8 Å². The molecule has 0 atom stereocenters. The highest BCUT2D eigenvalue weighted by molar-refractivity contribution is 7.71. The first-order chi connectivity index (χ1) is 11.5. The number of aromatic nitrogens is 3. The van der Waals surface area contributed by atoms with Gasteiger partial charge in [-0.2, -0.15) is 5.10 Å². The van der Waals surface area contributed by atoms with Crippen molar-refractivity contribution in [1.82, 2.24) is 19.2 Å². The van der Waals surface area contributed by atoms with Gasteiger partial charge in [-0.25, -0.2) is 4.68 Å². The van der Waals surface area contributed by atoms with E-state index in [1.807, 2.05) is 35.9 Å². The molecule has 0 aliphatic heterocycles. The summed E-state index contributed by atoms with van der Waals surface area (Å²) in [5.41, 5.74) is 1.22. The van der Waals surface area contributed by atoms with E-state index in [0.29, 0.717) is 6.67 Å². The molecule has 0 saturated carbocycles. The summed E-state index contributed by atoms with van der Waals surface area (Å²) in [5.74, 6) is 0.927. The number of thiophene rings is 1. The quantitative estimate of drug-likeness (QED) is 0.587. The SMILES string of the molecule is Cc1nn(CN(C)Cc2ccc(Cl)s2)c(=S)n1Cc1ccccc1. The zero-order chi connectivity index (χ0) is 17.1. The Hall–Kier alpha value is -1.47. The van der Waals surface area contributed by atoms with Gasteiger partial charge in [-0.15, -0.1) is 11.3 Å². The molecule has 1 aromatic carbocycles. The molecule has 0 unspecified atom stereocenters. The van der Waals surface area contributed by atoms with Crippen LogP contribution in [0.15, 0.2) is 42.5 Å². The Kier molecular flexibility index (Phi) is 5.50. The maximum atomic E-state index is 5.99. The topological polar surface area (TPSA) is 26.0 Å². The third-order valence-corrected chi connectivity index (χ3v) is 5.37. The predicted octanol–water partition coefficient (Wildman–Crippen LogP) is 4.58. The summed E-state index contributed by atoms with van der Waals surface area (Å²) in [6.07, 6.45) is 0. The number of halogens is 1. The average Bonchev–Trinajstić information content (AvgIpc) is 3.07. The second-order valence-corrected chi connectivity index (χ2v) is 7.93. The number of hydrogen-bond acceptors (Lipinski definition) is 4. The van der Waals surface area contributed by atoms with Crippen LogP contribution in [0.5, 0.6) is 0 Å². The Balaban J connectivity index is 1.72. The molecule has 2 aromatic heterocycles. The summed E-state index contributed by atoms with van der Waals surface area (Å²) < 4.78 is 5.51. The molecule has 0 spiro atoms. The fourth-order valence-corrected chi connectivity index (χ4v) is 4.03. The summed E-state index contributed by atoms with van der Waals surface area (Å²) in [6.45, 7) is 4.21. The maximum Gasteiger partial charge on any atom is 0.199 e. The van der Waals surface area contributed by atoms with Crippen molar-refractivity contribution in [3.8, 4) is 0 Å². The molecule has 0 bridgehead atoms. The Morgan fingerprint density at radius 3 is 2.62 bits per heavy atom. The van der Waals surface area contributed by atoms with Gasteiger partial charge in [-0.3, -0.25) is 9.47 Å². The molecule has 3 rings (SSSR count). The first-order valence-corrected chi connectivity index (χ1v) is 9.24. The van der Waals surface area contributed by atoms with Crippen molar-refractivity contribution in [1.29, 1.82) is 0 Å². The van der Waals surface area contributed by atoms with E-state index in [1.165, 1.54) is 10.4 Å². The monoisotopic (exact) mass is 378 g/mol. The third kappa shape index (κ3) is 4.13. The van der Waals surface area contributed by atoms with Gasteiger partial charge in [0.05, 0.1) is 17.5 Å². The highest BCUT2D eigenvalue weighted by atomic mass is 35.5. The Morgan fingerprint density at radius 2 is 1.96 bits per heavy atom. The van der Waals surface area contributed by atoms with Gasteiger partial charge in [0, 0.05) is 11.4 Å².